The Morgan fingerprint density at radius 1 is 1.28 bits per heavy atom. The molecule has 0 bridgehead atoms. The summed E-state index contributed by atoms with van der Waals surface area (Å²) in [7, 11) is 0. The normalized spacial score (nSPS) is 27.7. The van der Waals surface area contributed by atoms with Crippen LogP contribution in [-0.4, -0.2) is 45.0 Å². The Labute approximate surface area is 108 Å². The highest BCUT2D eigenvalue weighted by molar-refractivity contribution is 5.77. The van der Waals surface area contributed by atoms with Gasteiger partial charge in [0.2, 0.25) is 0 Å². The number of carbonyl (C=O) groups is 1. The minimum Gasteiger partial charge on any atom is -0.462 e. The van der Waals surface area contributed by atoms with Crippen molar-refractivity contribution in [3.63, 3.8) is 0 Å². The summed E-state index contributed by atoms with van der Waals surface area (Å²) in [6.07, 6.45) is 4.62. The molecular weight excluding hydrogens is 234 g/mol. The highest BCUT2D eigenvalue weighted by atomic mass is 16.6. The molecule has 2 fully saturated rings. The van der Waals surface area contributed by atoms with Crippen molar-refractivity contribution in [3.8, 4) is 0 Å². The Kier molecular flexibility index (Phi) is 4.97. The molecule has 1 atom stereocenters. The summed E-state index contributed by atoms with van der Waals surface area (Å²) in [5, 5.41) is 0. The van der Waals surface area contributed by atoms with E-state index in [1.807, 2.05) is 0 Å². The lowest BCUT2D eigenvalue weighted by atomic mass is 9.80. The molecule has 1 unspecified atom stereocenters. The van der Waals surface area contributed by atoms with Gasteiger partial charge in [0.25, 0.3) is 0 Å². The quantitative estimate of drug-likeness (QED) is 0.756. The summed E-state index contributed by atoms with van der Waals surface area (Å²) in [5.74, 6) is -0.178. The SMILES string of the molecule is NCC1(C(=O)OCC2CCCCO2)CCOCC1. The van der Waals surface area contributed by atoms with Crippen molar-refractivity contribution >= 4 is 5.97 Å². The molecule has 2 heterocycles. The molecule has 2 aliphatic rings. The first-order valence-electron chi connectivity index (χ1n) is 6.83. The molecule has 5 heteroatoms. The van der Waals surface area contributed by atoms with E-state index in [2.05, 4.69) is 0 Å². The van der Waals surface area contributed by atoms with E-state index < -0.39 is 5.41 Å². The van der Waals surface area contributed by atoms with Crippen LogP contribution in [0.1, 0.15) is 32.1 Å². The van der Waals surface area contributed by atoms with Crippen LogP contribution in [0, 0.1) is 5.41 Å². The predicted octanol–water partition coefficient (Wildman–Crippen LogP) is 0.854. The maximum atomic E-state index is 12.2. The van der Waals surface area contributed by atoms with Gasteiger partial charge in [-0.3, -0.25) is 4.79 Å². The lowest BCUT2D eigenvalue weighted by Crippen LogP contribution is -2.45. The Morgan fingerprint density at radius 3 is 2.67 bits per heavy atom. The first-order valence-corrected chi connectivity index (χ1v) is 6.83. The van der Waals surface area contributed by atoms with Gasteiger partial charge >= 0.3 is 5.97 Å². The van der Waals surface area contributed by atoms with Crippen LogP contribution in [0.5, 0.6) is 0 Å². The van der Waals surface area contributed by atoms with Crippen LogP contribution in [0.4, 0.5) is 0 Å². The predicted molar refractivity (Wildman–Crippen MR) is 66.1 cm³/mol. The van der Waals surface area contributed by atoms with Crippen molar-refractivity contribution in [3.05, 3.63) is 0 Å². The maximum Gasteiger partial charge on any atom is 0.313 e. The van der Waals surface area contributed by atoms with Crippen molar-refractivity contribution in [1.82, 2.24) is 0 Å². The van der Waals surface area contributed by atoms with E-state index in [0.717, 1.165) is 25.9 Å². The van der Waals surface area contributed by atoms with Crippen molar-refractivity contribution in [2.75, 3.05) is 33.0 Å². The summed E-state index contributed by atoms with van der Waals surface area (Å²) < 4.78 is 16.2. The molecule has 2 N–H and O–H groups in total. The fourth-order valence-electron chi connectivity index (χ4n) is 2.51. The van der Waals surface area contributed by atoms with E-state index in [4.69, 9.17) is 19.9 Å². The maximum absolute atomic E-state index is 12.2. The highest BCUT2D eigenvalue weighted by Gasteiger charge is 2.40. The smallest absolute Gasteiger partial charge is 0.313 e. The van der Waals surface area contributed by atoms with Gasteiger partial charge in [-0.2, -0.15) is 0 Å². The summed E-state index contributed by atoms with van der Waals surface area (Å²) in [4.78, 5) is 12.2. The standard InChI is InChI=1S/C13H23NO4/c14-10-13(4-7-16-8-5-13)12(15)18-9-11-3-1-2-6-17-11/h11H,1-10,14H2. The number of hydrogen-bond donors (Lipinski definition) is 1. The molecule has 2 aliphatic heterocycles. The monoisotopic (exact) mass is 257 g/mol. The molecule has 0 aromatic rings. The Hall–Kier alpha value is -0.650. The summed E-state index contributed by atoms with van der Waals surface area (Å²) in [5.41, 5.74) is 5.23. The molecule has 0 saturated carbocycles. The van der Waals surface area contributed by atoms with Crippen molar-refractivity contribution in [2.24, 2.45) is 11.1 Å². The van der Waals surface area contributed by atoms with Crippen LogP contribution in [-0.2, 0) is 19.0 Å². The van der Waals surface area contributed by atoms with Gasteiger partial charge in [-0.1, -0.05) is 0 Å². The number of ether oxygens (including phenoxy) is 3. The minimum absolute atomic E-state index is 0.0670. The van der Waals surface area contributed by atoms with Crippen LogP contribution in [0.3, 0.4) is 0 Å². The van der Waals surface area contributed by atoms with Crippen LogP contribution < -0.4 is 5.73 Å². The zero-order valence-corrected chi connectivity index (χ0v) is 10.9. The Bertz CT molecular complexity index is 270. The Balaban J connectivity index is 1.81. The number of nitrogens with two attached hydrogens (primary N) is 1. The van der Waals surface area contributed by atoms with Gasteiger partial charge in [0.05, 0.1) is 11.5 Å². The first kappa shape index (κ1) is 13.8. The third-order valence-corrected chi connectivity index (χ3v) is 3.95. The average Bonchev–Trinajstić information content (AvgIpc) is 2.46. The topological polar surface area (TPSA) is 70.8 Å². The second-order valence-corrected chi connectivity index (χ2v) is 5.18. The van der Waals surface area contributed by atoms with Crippen molar-refractivity contribution in [1.29, 1.82) is 0 Å². The van der Waals surface area contributed by atoms with E-state index >= 15 is 0 Å². The third kappa shape index (κ3) is 3.22. The van der Waals surface area contributed by atoms with Gasteiger partial charge in [-0.05, 0) is 32.1 Å². The molecule has 2 rings (SSSR count). The second kappa shape index (κ2) is 6.50. The van der Waals surface area contributed by atoms with Gasteiger partial charge in [0.1, 0.15) is 6.61 Å². The Morgan fingerprint density at radius 2 is 2.06 bits per heavy atom. The molecule has 0 radical (unpaired) electrons. The highest BCUT2D eigenvalue weighted by Crippen LogP contribution is 2.31. The molecule has 0 amide bonds. The van der Waals surface area contributed by atoms with Gasteiger partial charge in [0.15, 0.2) is 0 Å². The van der Waals surface area contributed by atoms with Gasteiger partial charge in [0, 0.05) is 26.4 Å². The summed E-state index contributed by atoms with van der Waals surface area (Å²) in [6, 6.07) is 0. The fraction of sp³-hybridized carbons (Fsp3) is 0.923. The number of carbonyl (C=O) groups excluding carboxylic acids is 1. The van der Waals surface area contributed by atoms with Gasteiger partial charge < -0.3 is 19.9 Å². The zero-order chi connectivity index (χ0) is 12.8. The number of rotatable bonds is 4. The van der Waals surface area contributed by atoms with E-state index in [9.17, 15) is 4.79 Å². The molecule has 2 saturated heterocycles. The van der Waals surface area contributed by atoms with Crippen LogP contribution in [0.15, 0.2) is 0 Å². The van der Waals surface area contributed by atoms with Gasteiger partial charge in [-0.25, -0.2) is 0 Å². The van der Waals surface area contributed by atoms with E-state index in [1.54, 1.807) is 0 Å². The minimum atomic E-state index is -0.535. The van der Waals surface area contributed by atoms with Crippen molar-refractivity contribution in [2.45, 2.75) is 38.2 Å². The van der Waals surface area contributed by atoms with Crippen LogP contribution >= 0.6 is 0 Å². The van der Waals surface area contributed by atoms with Crippen molar-refractivity contribution < 1.29 is 19.0 Å². The lowest BCUT2D eigenvalue weighted by Gasteiger charge is -2.34. The number of hydrogen-bond acceptors (Lipinski definition) is 5. The van der Waals surface area contributed by atoms with E-state index in [-0.39, 0.29) is 12.1 Å². The van der Waals surface area contributed by atoms with Gasteiger partial charge in [-0.15, -0.1) is 0 Å². The first-order chi connectivity index (χ1) is 8.77. The van der Waals surface area contributed by atoms with E-state index in [0.29, 0.717) is 39.2 Å². The number of esters is 1. The molecule has 18 heavy (non-hydrogen) atoms. The average molecular weight is 257 g/mol. The molecule has 0 spiro atoms. The largest absolute Gasteiger partial charge is 0.462 e. The van der Waals surface area contributed by atoms with Crippen LogP contribution in [0.2, 0.25) is 0 Å². The molecule has 0 aromatic heterocycles. The molecule has 0 aliphatic carbocycles. The fourth-order valence-corrected chi connectivity index (χ4v) is 2.51. The summed E-state index contributed by atoms with van der Waals surface area (Å²) >= 11 is 0. The van der Waals surface area contributed by atoms with E-state index in [1.165, 1.54) is 0 Å². The summed E-state index contributed by atoms with van der Waals surface area (Å²) in [6.45, 7) is 2.65. The molecular formula is C13H23NO4. The molecule has 0 aromatic carbocycles. The lowest BCUT2D eigenvalue weighted by molar-refractivity contribution is -0.166. The third-order valence-electron chi connectivity index (χ3n) is 3.95. The molecule has 104 valence electrons. The van der Waals surface area contributed by atoms with Crippen LogP contribution in [0.25, 0.3) is 0 Å². The zero-order valence-electron chi connectivity index (χ0n) is 10.9. The second-order valence-electron chi connectivity index (χ2n) is 5.18. The molecule has 5 nitrogen and oxygen atoms in total.